The quantitative estimate of drug-likeness (QED) is 0.924. The van der Waals surface area contributed by atoms with Crippen molar-refractivity contribution in [1.82, 2.24) is 4.90 Å². The Balaban J connectivity index is 0.00000180. The molecule has 0 aliphatic carbocycles. The van der Waals surface area contributed by atoms with Crippen LogP contribution in [0.15, 0.2) is 24.3 Å². The summed E-state index contributed by atoms with van der Waals surface area (Å²) in [4.78, 5) is 2.52. The molecular formula is C15H25ClN2O. The molecule has 1 saturated heterocycles. The van der Waals surface area contributed by atoms with Crippen LogP contribution < -0.4 is 10.5 Å². The van der Waals surface area contributed by atoms with Gasteiger partial charge in [0.25, 0.3) is 0 Å². The summed E-state index contributed by atoms with van der Waals surface area (Å²) in [5.41, 5.74) is 7.43. The minimum atomic E-state index is 0. The fourth-order valence-corrected chi connectivity index (χ4v) is 2.77. The van der Waals surface area contributed by atoms with Crippen molar-refractivity contribution in [3.8, 4) is 5.75 Å². The maximum absolute atomic E-state index is 6.10. The van der Waals surface area contributed by atoms with Gasteiger partial charge in [-0.1, -0.05) is 18.6 Å². The Labute approximate surface area is 122 Å². The molecule has 108 valence electrons. The van der Waals surface area contributed by atoms with Gasteiger partial charge in [-0.05, 0) is 44.0 Å². The van der Waals surface area contributed by atoms with Crippen molar-refractivity contribution in [3.05, 3.63) is 29.8 Å². The lowest BCUT2D eigenvalue weighted by atomic mass is 9.96. The van der Waals surface area contributed by atoms with Crippen LogP contribution in [-0.2, 0) is 6.54 Å². The highest BCUT2D eigenvalue weighted by molar-refractivity contribution is 5.85. The second-order valence-corrected chi connectivity index (χ2v) is 5.24. The maximum Gasteiger partial charge on any atom is 0.118 e. The number of methoxy groups -OCH3 is 1. The second-order valence-electron chi connectivity index (χ2n) is 5.24. The number of likely N-dealkylation sites (tertiary alicyclic amines) is 1. The average Bonchev–Trinajstić information content (AvgIpc) is 2.40. The number of hydrogen-bond donors (Lipinski definition) is 1. The Morgan fingerprint density at radius 3 is 2.58 bits per heavy atom. The Bertz CT molecular complexity index is 367. The highest BCUT2D eigenvalue weighted by atomic mass is 35.5. The molecule has 3 nitrogen and oxygen atoms in total. The van der Waals surface area contributed by atoms with Crippen LogP contribution in [0.2, 0.25) is 0 Å². The Morgan fingerprint density at radius 2 is 2.00 bits per heavy atom. The smallest absolute Gasteiger partial charge is 0.118 e. The number of benzene rings is 1. The summed E-state index contributed by atoms with van der Waals surface area (Å²) in [6, 6.07) is 9.13. The summed E-state index contributed by atoms with van der Waals surface area (Å²) in [5.74, 6) is 0.918. The van der Waals surface area contributed by atoms with E-state index in [9.17, 15) is 0 Å². The minimum Gasteiger partial charge on any atom is -0.497 e. The summed E-state index contributed by atoms with van der Waals surface area (Å²) >= 11 is 0. The molecule has 0 bridgehead atoms. The second kappa shape index (κ2) is 7.73. The topological polar surface area (TPSA) is 38.5 Å². The van der Waals surface area contributed by atoms with Gasteiger partial charge in [0, 0.05) is 18.6 Å². The Hall–Kier alpha value is -0.770. The molecule has 1 aromatic carbocycles. The minimum absolute atomic E-state index is 0. The van der Waals surface area contributed by atoms with E-state index in [-0.39, 0.29) is 18.4 Å². The van der Waals surface area contributed by atoms with Gasteiger partial charge < -0.3 is 10.5 Å². The predicted molar refractivity (Wildman–Crippen MR) is 81.9 cm³/mol. The van der Waals surface area contributed by atoms with E-state index in [1.807, 2.05) is 12.1 Å². The van der Waals surface area contributed by atoms with Crippen molar-refractivity contribution in [1.29, 1.82) is 0 Å². The molecular weight excluding hydrogens is 260 g/mol. The van der Waals surface area contributed by atoms with Gasteiger partial charge in [-0.25, -0.2) is 0 Å². The van der Waals surface area contributed by atoms with E-state index in [1.165, 1.54) is 24.8 Å². The van der Waals surface area contributed by atoms with E-state index in [4.69, 9.17) is 10.5 Å². The molecule has 2 N–H and O–H groups in total. The third kappa shape index (κ3) is 4.37. The molecule has 2 unspecified atom stereocenters. The van der Waals surface area contributed by atoms with Gasteiger partial charge in [0.15, 0.2) is 0 Å². The summed E-state index contributed by atoms with van der Waals surface area (Å²) in [7, 11) is 1.70. The molecule has 0 spiro atoms. The van der Waals surface area contributed by atoms with Crippen molar-refractivity contribution in [3.63, 3.8) is 0 Å². The van der Waals surface area contributed by atoms with E-state index in [2.05, 4.69) is 24.0 Å². The summed E-state index contributed by atoms with van der Waals surface area (Å²) in [6.07, 6.45) is 3.83. The zero-order valence-corrected chi connectivity index (χ0v) is 12.7. The predicted octanol–water partition coefficient (Wildman–Crippen LogP) is 2.82. The summed E-state index contributed by atoms with van der Waals surface area (Å²) in [6.45, 7) is 4.28. The lowest BCUT2D eigenvalue weighted by molar-refractivity contribution is 0.123. The van der Waals surface area contributed by atoms with Crippen LogP contribution in [0.5, 0.6) is 5.75 Å². The molecule has 1 fully saturated rings. The van der Waals surface area contributed by atoms with E-state index < -0.39 is 0 Å². The van der Waals surface area contributed by atoms with Crippen LogP contribution in [0.3, 0.4) is 0 Å². The molecule has 1 aromatic rings. The molecule has 19 heavy (non-hydrogen) atoms. The van der Waals surface area contributed by atoms with Crippen molar-refractivity contribution < 1.29 is 4.74 Å². The van der Waals surface area contributed by atoms with E-state index in [0.717, 1.165) is 18.8 Å². The Kier molecular flexibility index (Phi) is 6.63. The van der Waals surface area contributed by atoms with Crippen molar-refractivity contribution in [2.24, 2.45) is 5.73 Å². The normalized spacial score (nSPS) is 21.5. The number of nitrogens with two attached hydrogens (primary N) is 1. The number of halogens is 1. The zero-order valence-electron chi connectivity index (χ0n) is 11.8. The first kappa shape index (κ1) is 16.3. The highest BCUT2D eigenvalue weighted by Crippen LogP contribution is 2.22. The van der Waals surface area contributed by atoms with Crippen LogP contribution >= 0.6 is 12.4 Å². The fourth-order valence-electron chi connectivity index (χ4n) is 2.77. The molecule has 0 aromatic heterocycles. The van der Waals surface area contributed by atoms with Gasteiger partial charge in [-0.2, -0.15) is 0 Å². The number of nitrogens with zero attached hydrogens (tertiary/aromatic N) is 1. The molecule has 0 amide bonds. The van der Waals surface area contributed by atoms with Crippen LogP contribution in [-0.4, -0.2) is 30.6 Å². The first-order chi connectivity index (χ1) is 8.70. The molecule has 1 aliphatic heterocycles. The number of rotatable bonds is 4. The zero-order chi connectivity index (χ0) is 13.0. The largest absolute Gasteiger partial charge is 0.497 e. The van der Waals surface area contributed by atoms with Gasteiger partial charge >= 0.3 is 0 Å². The number of ether oxygens (including phenoxy) is 1. The van der Waals surface area contributed by atoms with Gasteiger partial charge in [-0.3, -0.25) is 4.90 Å². The molecule has 0 saturated carbocycles. The summed E-state index contributed by atoms with van der Waals surface area (Å²) in [5, 5.41) is 0. The standard InChI is InChI=1S/C15H24N2O.ClH/c1-12(16)15-5-3-4-10-17(15)11-13-6-8-14(18-2)9-7-13;/h6-9,12,15H,3-5,10-11,16H2,1-2H3;1H. The molecule has 2 rings (SSSR count). The fraction of sp³-hybridized carbons (Fsp3) is 0.600. The van der Waals surface area contributed by atoms with Crippen LogP contribution in [0.1, 0.15) is 31.7 Å². The lowest BCUT2D eigenvalue weighted by Gasteiger charge is -2.38. The van der Waals surface area contributed by atoms with Crippen LogP contribution in [0.4, 0.5) is 0 Å². The van der Waals surface area contributed by atoms with E-state index in [1.54, 1.807) is 7.11 Å². The van der Waals surface area contributed by atoms with Gasteiger partial charge in [0.1, 0.15) is 5.75 Å². The van der Waals surface area contributed by atoms with Crippen molar-refractivity contribution in [2.75, 3.05) is 13.7 Å². The number of piperidine rings is 1. The maximum atomic E-state index is 6.10. The molecule has 1 heterocycles. The van der Waals surface area contributed by atoms with E-state index in [0.29, 0.717) is 6.04 Å². The highest BCUT2D eigenvalue weighted by Gasteiger charge is 2.25. The Morgan fingerprint density at radius 1 is 1.32 bits per heavy atom. The van der Waals surface area contributed by atoms with Crippen LogP contribution in [0, 0.1) is 0 Å². The third-order valence-electron chi connectivity index (χ3n) is 3.82. The molecule has 4 heteroatoms. The van der Waals surface area contributed by atoms with Crippen molar-refractivity contribution >= 4 is 12.4 Å². The number of hydrogen-bond acceptors (Lipinski definition) is 3. The average molecular weight is 285 g/mol. The first-order valence-electron chi connectivity index (χ1n) is 6.83. The summed E-state index contributed by atoms with van der Waals surface area (Å²) < 4.78 is 5.18. The van der Waals surface area contributed by atoms with Crippen molar-refractivity contribution in [2.45, 2.75) is 44.8 Å². The van der Waals surface area contributed by atoms with Crippen LogP contribution in [0.25, 0.3) is 0 Å². The molecule has 2 atom stereocenters. The lowest BCUT2D eigenvalue weighted by Crippen LogP contribution is -2.48. The monoisotopic (exact) mass is 284 g/mol. The third-order valence-corrected chi connectivity index (χ3v) is 3.82. The molecule has 1 aliphatic rings. The van der Waals surface area contributed by atoms with Gasteiger partial charge in [0.05, 0.1) is 7.11 Å². The van der Waals surface area contributed by atoms with E-state index >= 15 is 0 Å². The SMILES string of the molecule is COc1ccc(CN2CCCCC2C(C)N)cc1.Cl. The first-order valence-corrected chi connectivity index (χ1v) is 6.83. The van der Waals surface area contributed by atoms with Gasteiger partial charge in [0.2, 0.25) is 0 Å². The van der Waals surface area contributed by atoms with Gasteiger partial charge in [-0.15, -0.1) is 12.4 Å². The molecule has 0 radical (unpaired) electrons.